The van der Waals surface area contributed by atoms with Crippen LogP contribution in [0.15, 0.2) is 18.2 Å². The number of nitrogens with zero attached hydrogens (tertiary/aromatic N) is 2. The molecule has 2 N–H and O–H groups in total. The molecule has 0 aromatic heterocycles. The average Bonchev–Trinajstić information content (AvgIpc) is 3.41. The fraction of sp³-hybridized carbons (Fsp3) is 0.667. The number of nitro groups is 1. The number of nitro benzene ring substituents is 1. The van der Waals surface area contributed by atoms with Crippen molar-refractivity contribution in [2.24, 2.45) is 0 Å². The molecule has 2 aliphatic heterocycles. The SMILES string of the molecule is O=C(COC(=O)c1cc([N+](=O)[O-])ccc1N1CCCC1)NCC1([NH+]2CCOCC2)CCCCC1. The number of non-ortho nitro benzene ring substituents is 1. The third-order valence-electron chi connectivity index (χ3n) is 7.47. The zero-order valence-corrected chi connectivity index (χ0v) is 19.7. The largest absolute Gasteiger partial charge is 0.452 e. The molecule has 1 saturated carbocycles. The maximum Gasteiger partial charge on any atom is 0.341 e. The summed E-state index contributed by atoms with van der Waals surface area (Å²) in [5.41, 5.74) is 0.577. The lowest BCUT2D eigenvalue weighted by molar-refractivity contribution is -0.960. The normalized spacial score (nSPS) is 20.6. The minimum absolute atomic E-state index is 0.00463. The van der Waals surface area contributed by atoms with Crippen molar-refractivity contribution in [2.45, 2.75) is 50.5 Å². The van der Waals surface area contributed by atoms with Gasteiger partial charge in [-0.25, -0.2) is 4.79 Å². The number of esters is 1. The second kappa shape index (κ2) is 11.1. The van der Waals surface area contributed by atoms with Crippen LogP contribution in [0, 0.1) is 10.1 Å². The molecule has 1 aromatic carbocycles. The van der Waals surface area contributed by atoms with Gasteiger partial charge in [0.25, 0.3) is 11.6 Å². The number of nitrogens with one attached hydrogen (secondary N) is 2. The van der Waals surface area contributed by atoms with E-state index in [0.29, 0.717) is 12.2 Å². The summed E-state index contributed by atoms with van der Waals surface area (Å²) in [5, 5.41) is 14.2. The summed E-state index contributed by atoms with van der Waals surface area (Å²) >= 11 is 0. The Kier molecular flexibility index (Phi) is 7.99. The summed E-state index contributed by atoms with van der Waals surface area (Å²) in [4.78, 5) is 39.7. The maximum absolute atomic E-state index is 12.8. The third-order valence-corrected chi connectivity index (χ3v) is 7.47. The number of benzene rings is 1. The van der Waals surface area contributed by atoms with Gasteiger partial charge in [-0.15, -0.1) is 0 Å². The molecule has 2 heterocycles. The van der Waals surface area contributed by atoms with Gasteiger partial charge in [0.15, 0.2) is 6.61 Å². The lowest BCUT2D eigenvalue weighted by Gasteiger charge is -2.45. The van der Waals surface area contributed by atoms with Crippen LogP contribution in [0.3, 0.4) is 0 Å². The number of hydrogen-bond acceptors (Lipinski definition) is 7. The average molecular weight is 476 g/mol. The molecule has 0 spiro atoms. The minimum atomic E-state index is -0.716. The zero-order valence-electron chi connectivity index (χ0n) is 19.7. The van der Waals surface area contributed by atoms with Crippen LogP contribution < -0.4 is 15.1 Å². The molecule has 0 unspecified atom stereocenters. The summed E-state index contributed by atoms with van der Waals surface area (Å²) in [7, 11) is 0. The Morgan fingerprint density at radius 2 is 1.82 bits per heavy atom. The van der Waals surface area contributed by atoms with E-state index in [2.05, 4.69) is 5.32 Å². The number of carbonyl (C=O) groups is 2. The van der Waals surface area contributed by atoms with Gasteiger partial charge in [0.05, 0.1) is 35.9 Å². The smallest absolute Gasteiger partial charge is 0.341 e. The first-order valence-electron chi connectivity index (χ1n) is 12.4. The number of amides is 1. The van der Waals surface area contributed by atoms with Gasteiger partial charge in [-0.05, 0) is 31.7 Å². The van der Waals surface area contributed by atoms with Crippen LogP contribution >= 0.6 is 0 Å². The molecule has 34 heavy (non-hydrogen) atoms. The van der Waals surface area contributed by atoms with E-state index in [9.17, 15) is 19.7 Å². The van der Waals surface area contributed by atoms with Crippen LogP contribution in [0.25, 0.3) is 0 Å². The highest BCUT2D eigenvalue weighted by Gasteiger charge is 2.42. The summed E-state index contributed by atoms with van der Waals surface area (Å²) in [5.74, 6) is -1.06. The number of carbonyl (C=O) groups excluding carboxylic acids is 2. The van der Waals surface area contributed by atoms with Crippen molar-refractivity contribution in [3.05, 3.63) is 33.9 Å². The highest BCUT2D eigenvalue weighted by atomic mass is 16.6. The van der Waals surface area contributed by atoms with Crippen LogP contribution in [-0.2, 0) is 14.3 Å². The molecule has 4 rings (SSSR count). The molecule has 10 heteroatoms. The number of ether oxygens (including phenoxy) is 2. The molecule has 3 fully saturated rings. The third kappa shape index (κ3) is 5.67. The van der Waals surface area contributed by atoms with Gasteiger partial charge in [-0.3, -0.25) is 14.9 Å². The monoisotopic (exact) mass is 475 g/mol. The standard InChI is InChI=1S/C24H34N4O6/c29-22(25-18-24(8-2-1-3-9-24)27-12-14-33-15-13-27)17-34-23(30)20-16-19(28(31)32)6-7-21(20)26-10-4-5-11-26/h6-7,16H,1-5,8-15,17-18H2,(H,25,29)/p+1. The van der Waals surface area contributed by atoms with E-state index in [0.717, 1.165) is 77.9 Å². The van der Waals surface area contributed by atoms with Gasteiger partial charge in [-0.2, -0.15) is 0 Å². The molecule has 1 aliphatic carbocycles. The number of morpholine rings is 1. The summed E-state index contributed by atoms with van der Waals surface area (Å²) in [6, 6.07) is 4.24. The van der Waals surface area contributed by atoms with E-state index in [1.165, 1.54) is 23.5 Å². The number of quaternary nitrogens is 1. The Morgan fingerprint density at radius 1 is 1.12 bits per heavy atom. The van der Waals surface area contributed by atoms with E-state index in [4.69, 9.17) is 9.47 Å². The Balaban J connectivity index is 1.37. The lowest BCUT2D eigenvalue weighted by atomic mass is 9.79. The van der Waals surface area contributed by atoms with Crippen LogP contribution in [-0.4, -0.2) is 74.9 Å². The maximum atomic E-state index is 12.8. The lowest BCUT2D eigenvalue weighted by Crippen LogP contribution is -3.23. The van der Waals surface area contributed by atoms with Gasteiger partial charge >= 0.3 is 5.97 Å². The molecule has 0 radical (unpaired) electrons. The molecule has 0 bridgehead atoms. The predicted molar refractivity (Wildman–Crippen MR) is 125 cm³/mol. The second-order valence-electron chi connectivity index (χ2n) is 9.56. The minimum Gasteiger partial charge on any atom is -0.452 e. The highest BCUT2D eigenvalue weighted by Crippen LogP contribution is 2.29. The van der Waals surface area contributed by atoms with Crippen LogP contribution in [0.4, 0.5) is 11.4 Å². The van der Waals surface area contributed by atoms with Crippen molar-refractivity contribution < 1.29 is 28.9 Å². The molecule has 186 valence electrons. The molecular weight excluding hydrogens is 440 g/mol. The topological polar surface area (TPSA) is 115 Å². The molecule has 10 nitrogen and oxygen atoms in total. The predicted octanol–water partition coefficient (Wildman–Crippen LogP) is 1.09. The fourth-order valence-electron chi connectivity index (χ4n) is 5.59. The van der Waals surface area contributed by atoms with Crippen molar-refractivity contribution in [2.75, 3.05) is 57.4 Å². The Morgan fingerprint density at radius 3 is 2.50 bits per heavy atom. The zero-order chi connectivity index (χ0) is 24.0. The number of anilines is 1. The van der Waals surface area contributed by atoms with E-state index in [1.807, 2.05) is 4.90 Å². The van der Waals surface area contributed by atoms with Gasteiger partial charge in [0, 0.05) is 38.1 Å². The van der Waals surface area contributed by atoms with Crippen molar-refractivity contribution in [3.8, 4) is 0 Å². The number of rotatable bonds is 8. The van der Waals surface area contributed by atoms with E-state index >= 15 is 0 Å². The molecule has 1 amide bonds. The first-order valence-corrected chi connectivity index (χ1v) is 12.4. The van der Waals surface area contributed by atoms with E-state index in [1.54, 1.807) is 6.07 Å². The number of hydrogen-bond donors (Lipinski definition) is 2. The first-order chi connectivity index (χ1) is 16.5. The Hall–Kier alpha value is -2.72. The second-order valence-corrected chi connectivity index (χ2v) is 9.56. The Labute approximate surface area is 199 Å². The summed E-state index contributed by atoms with van der Waals surface area (Å²) in [6.45, 7) is 5.07. The molecular formula is C24H35N4O6+. The van der Waals surface area contributed by atoms with Crippen molar-refractivity contribution in [3.63, 3.8) is 0 Å². The van der Waals surface area contributed by atoms with Gasteiger partial charge in [0.2, 0.25) is 0 Å². The van der Waals surface area contributed by atoms with Gasteiger partial charge < -0.3 is 24.6 Å². The summed E-state index contributed by atoms with van der Waals surface area (Å²) < 4.78 is 10.8. The van der Waals surface area contributed by atoms with E-state index < -0.39 is 17.5 Å². The van der Waals surface area contributed by atoms with Crippen molar-refractivity contribution in [1.82, 2.24) is 5.32 Å². The quantitative estimate of drug-likeness (QED) is 0.328. The van der Waals surface area contributed by atoms with Crippen LogP contribution in [0.1, 0.15) is 55.3 Å². The fourth-order valence-corrected chi connectivity index (χ4v) is 5.59. The van der Waals surface area contributed by atoms with Crippen molar-refractivity contribution in [1.29, 1.82) is 0 Å². The molecule has 3 aliphatic rings. The van der Waals surface area contributed by atoms with Gasteiger partial charge in [-0.1, -0.05) is 6.42 Å². The van der Waals surface area contributed by atoms with E-state index in [-0.39, 0.29) is 22.7 Å². The molecule has 2 saturated heterocycles. The van der Waals surface area contributed by atoms with Crippen LogP contribution in [0.5, 0.6) is 0 Å². The highest BCUT2D eigenvalue weighted by molar-refractivity contribution is 5.97. The van der Waals surface area contributed by atoms with Crippen molar-refractivity contribution >= 4 is 23.3 Å². The molecule has 1 aromatic rings. The molecule has 0 atom stereocenters. The Bertz CT molecular complexity index is 889. The van der Waals surface area contributed by atoms with Gasteiger partial charge in [0.1, 0.15) is 18.6 Å². The summed E-state index contributed by atoms with van der Waals surface area (Å²) in [6.07, 6.45) is 7.66. The first kappa shape index (κ1) is 24.4. The van der Waals surface area contributed by atoms with Crippen LogP contribution in [0.2, 0.25) is 0 Å².